The highest BCUT2D eigenvalue weighted by Crippen LogP contribution is 2.26. The minimum Gasteiger partial charge on any atom is -0.482 e. The molecule has 112 valence electrons. The third-order valence-electron chi connectivity index (χ3n) is 2.78. The maximum absolute atomic E-state index is 12.9. The van der Waals surface area contributed by atoms with E-state index < -0.39 is 5.82 Å². The Morgan fingerprint density at radius 3 is 2.73 bits per heavy atom. The van der Waals surface area contributed by atoms with Crippen LogP contribution in [0.3, 0.4) is 0 Å². The molecule has 2 aromatic carbocycles. The first kappa shape index (κ1) is 14.8. The first-order chi connectivity index (χ1) is 10.6. The summed E-state index contributed by atoms with van der Waals surface area (Å²) in [5.41, 5.74) is 0.714. The first-order valence-electron chi connectivity index (χ1n) is 6.28. The highest BCUT2D eigenvalue weighted by molar-refractivity contribution is 6.32. The smallest absolute Gasteiger partial charge is 0.254 e. The lowest BCUT2D eigenvalue weighted by molar-refractivity contribution is 0.264. The van der Waals surface area contributed by atoms with E-state index in [9.17, 15) is 4.39 Å². The molecule has 0 spiro atoms. The molecule has 4 nitrogen and oxygen atoms in total. The third-order valence-corrected chi connectivity index (χ3v) is 3.31. The van der Waals surface area contributed by atoms with Gasteiger partial charge < -0.3 is 9.15 Å². The molecule has 0 saturated heterocycles. The van der Waals surface area contributed by atoms with Crippen LogP contribution in [0, 0.1) is 5.82 Å². The van der Waals surface area contributed by atoms with Gasteiger partial charge in [-0.15, -0.1) is 10.2 Å². The number of benzene rings is 2. The Kier molecular flexibility index (Phi) is 4.27. The predicted molar refractivity (Wildman–Crippen MR) is 80.5 cm³/mol. The quantitative estimate of drug-likeness (QED) is 0.687. The van der Waals surface area contributed by atoms with E-state index in [1.807, 2.05) is 0 Å². The summed E-state index contributed by atoms with van der Waals surface area (Å²) >= 11 is 11.8. The largest absolute Gasteiger partial charge is 0.482 e. The van der Waals surface area contributed by atoms with Gasteiger partial charge in [-0.2, -0.15) is 0 Å². The standard InChI is InChI=1S/C15H9Cl2FN2O2/c16-10-3-1-2-9(6-10)15-20-19-14(22-15)8-21-13-5-4-11(18)7-12(13)17/h1-7H,8H2. The highest BCUT2D eigenvalue weighted by Gasteiger charge is 2.10. The molecule has 7 heteroatoms. The van der Waals surface area contributed by atoms with Gasteiger partial charge in [-0.25, -0.2) is 4.39 Å². The summed E-state index contributed by atoms with van der Waals surface area (Å²) in [5, 5.41) is 8.56. The zero-order valence-corrected chi connectivity index (χ0v) is 12.6. The normalized spacial score (nSPS) is 10.7. The van der Waals surface area contributed by atoms with Crippen LogP contribution in [-0.2, 0) is 6.61 Å². The van der Waals surface area contributed by atoms with Crippen molar-refractivity contribution < 1.29 is 13.5 Å². The Morgan fingerprint density at radius 2 is 1.95 bits per heavy atom. The molecule has 1 aromatic heterocycles. The summed E-state index contributed by atoms with van der Waals surface area (Å²) in [6, 6.07) is 10.9. The predicted octanol–water partition coefficient (Wildman–Crippen LogP) is 4.76. The van der Waals surface area contributed by atoms with Crippen LogP contribution < -0.4 is 4.74 Å². The highest BCUT2D eigenvalue weighted by atomic mass is 35.5. The van der Waals surface area contributed by atoms with Gasteiger partial charge in [0.05, 0.1) is 5.02 Å². The molecule has 3 aromatic rings. The van der Waals surface area contributed by atoms with Crippen LogP contribution in [0.5, 0.6) is 5.75 Å². The summed E-state index contributed by atoms with van der Waals surface area (Å²) in [5.74, 6) is 0.519. The van der Waals surface area contributed by atoms with Crippen molar-refractivity contribution in [3.63, 3.8) is 0 Å². The number of nitrogens with zero attached hydrogens (tertiary/aromatic N) is 2. The van der Waals surface area contributed by atoms with Crippen molar-refractivity contribution >= 4 is 23.2 Å². The van der Waals surface area contributed by atoms with Crippen molar-refractivity contribution in [1.82, 2.24) is 10.2 Å². The van der Waals surface area contributed by atoms with Crippen molar-refractivity contribution in [2.24, 2.45) is 0 Å². The molecule has 3 rings (SSSR count). The van der Waals surface area contributed by atoms with E-state index >= 15 is 0 Å². The molecule has 0 N–H and O–H groups in total. The first-order valence-corrected chi connectivity index (χ1v) is 7.03. The average Bonchev–Trinajstić information content (AvgIpc) is 2.95. The maximum Gasteiger partial charge on any atom is 0.254 e. The number of aromatic nitrogens is 2. The minimum atomic E-state index is -0.432. The van der Waals surface area contributed by atoms with Crippen LogP contribution in [-0.4, -0.2) is 10.2 Å². The summed E-state index contributed by atoms with van der Waals surface area (Å²) < 4.78 is 23.9. The van der Waals surface area contributed by atoms with Gasteiger partial charge in [-0.1, -0.05) is 29.3 Å². The molecule has 0 aliphatic carbocycles. The van der Waals surface area contributed by atoms with Crippen molar-refractivity contribution in [2.45, 2.75) is 6.61 Å². The Morgan fingerprint density at radius 1 is 1.09 bits per heavy atom. The SMILES string of the molecule is Fc1ccc(OCc2nnc(-c3cccc(Cl)c3)o2)c(Cl)c1. The molecule has 0 amide bonds. The van der Waals surface area contributed by atoms with E-state index in [4.69, 9.17) is 32.4 Å². The molecule has 1 heterocycles. The van der Waals surface area contributed by atoms with Crippen molar-refractivity contribution in [2.75, 3.05) is 0 Å². The molecular formula is C15H9Cl2FN2O2. The molecule has 22 heavy (non-hydrogen) atoms. The number of hydrogen-bond donors (Lipinski definition) is 0. The van der Waals surface area contributed by atoms with E-state index in [0.717, 1.165) is 0 Å². The van der Waals surface area contributed by atoms with E-state index in [1.54, 1.807) is 24.3 Å². The van der Waals surface area contributed by atoms with E-state index in [1.165, 1.54) is 18.2 Å². The van der Waals surface area contributed by atoms with Crippen LogP contribution in [0.25, 0.3) is 11.5 Å². The van der Waals surface area contributed by atoms with Crippen molar-refractivity contribution in [3.8, 4) is 17.2 Å². The van der Waals surface area contributed by atoms with Crippen LogP contribution in [0.4, 0.5) is 4.39 Å². The number of hydrogen-bond acceptors (Lipinski definition) is 4. The van der Waals surface area contributed by atoms with Gasteiger partial charge >= 0.3 is 0 Å². The zero-order valence-electron chi connectivity index (χ0n) is 11.1. The lowest BCUT2D eigenvalue weighted by Crippen LogP contribution is -1.96. The molecule has 0 fully saturated rings. The molecule has 0 saturated carbocycles. The lowest BCUT2D eigenvalue weighted by atomic mass is 10.2. The van der Waals surface area contributed by atoms with Gasteiger partial charge in [0.1, 0.15) is 11.6 Å². The molecule has 0 aliphatic rings. The molecule has 0 radical (unpaired) electrons. The van der Waals surface area contributed by atoms with Crippen molar-refractivity contribution in [3.05, 3.63) is 64.2 Å². The van der Waals surface area contributed by atoms with Crippen LogP contribution in [0.1, 0.15) is 5.89 Å². The van der Waals surface area contributed by atoms with E-state index in [2.05, 4.69) is 10.2 Å². The molecular weight excluding hydrogens is 330 g/mol. The van der Waals surface area contributed by atoms with Gasteiger partial charge in [0.2, 0.25) is 5.89 Å². The Balaban J connectivity index is 1.72. The van der Waals surface area contributed by atoms with Gasteiger partial charge in [-0.3, -0.25) is 0 Å². The second kappa shape index (κ2) is 6.34. The van der Waals surface area contributed by atoms with Crippen LogP contribution in [0.2, 0.25) is 10.0 Å². The van der Waals surface area contributed by atoms with E-state index in [0.29, 0.717) is 22.2 Å². The molecule has 0 bridgehead atoms. The zero-order chi connectivity index (χ0) is 15.5. The number of rotatable bonds is 4. The summed E-state index contributed by atoms with van der Waals surface area (Å²) in [6.07, 6.45) is 0. The van der Waals surface area contributed by atoms with Crippen LogP contribution in [0.15, 0.2) is 46.9 Å². The summed E-state index contributed by atoms with van der Waals surface area (Å²) in [6.45, 7) is 0.0267. The second-order valence-electron chi connectivity index (χ2n) is 4.37. The molecule has 0 aliphatic heterocycles. The van der Waals surface area contributed by atoms with Crippen LogP contribution >= 0.6 is 23.2 Å². The Hall–Kier alpha value is -2.11. The maximum atomic E-state index is 12.9. The van der Waals surface area contributed by atoms with Gasteiger partial charge in [0, 0.05) is 10.6 Å². The number of halogens is 3. The summed E-state index contributed by atoms with van der Waals surface area (Å²) in [7, 11) is 0. The molecule has 0 atom stereocenters. The van der Waals surface area contributed by atoms with Crippen molar-refractivity contribution in [1.29, 1.82) is 0 Å². The summed E-state index contributed by atoms with van der Waals surface area (Å²) in [4.78, 5) is 0. The lowest BCUT2D eigenvalue weighted by Gasteiger charge is -2.05. The minimum absolute atomic E-state index is 0.0267. The fraction of sp³-hybridized carbons (Fsp3) is 0.0667. The second-order valence-corrected chi connectivity index (χ2v) is 5.22. The van der Waals surface area contributed by atoms with Gasteiger partial charge in [-0.05, 0) is 36.4 Å². The fourth-order valence-corrected chi connectivity index (χ4v) is 2.19. The third kappa shape index (κ3) is 3.37. The molecule has 0 unspecified atom stereocenters. The van der Waals surface area contributed by atoms with Gasteiger partial charge in [0.25, 0.3) is 5.89 Å². The average molecular weight is 339 g/mol. The van der Waals surface area contributed by atoms with Gasteiger partial charge in [0.15, 0.2) is 6.61 Å². The van der Waals surface area contributed by atoms with E-state index in [-0.39, 0.29) is 17.5 Å². The Labute approximate surface area is 135 Å². The number of ether oxygens (including phenoxy) is 1. The topological polar surface area (TPSA) is 48.2 Å². The Bertz CT molecular complexity index is 808. The fourth-order valence-electron chi connectivity index (χ4n) is 1.78. The monoisotopic (exact) mass is 338 g/mol.